The van der Waals surface area contributed by atoms with Crippen molar-refractivity contribution in [1.29, 1.82) is 0 Å². The van der Waals surface area contributed by atoms with Crippen LogP contribution in [0, 0.1) is 0 Å². The number of hydrazone groups is 1. The van der Waals surface area contributed by atoms with Crippen molar-refractivity contribution >= 4 is 42.9 Å². The van der Waals surface area contributed by atoms with Crippen LogP contribution < -0.4 is 5.43 Å². The monoisotopic (exact) mass is 366 g/mol. The van der Waals surface area contributed by atoms with Crippen molar-refractivity contribution in [1.82, 2.24) is 5.43 Å². The van der Waals surface area contributed by atoms with Crippen LogP contribution in [0.4, 0.5) is 0 Å². The number of benzene rings is 1. The fourth-order valence-electron chi connectivity index (χ4n) is 1.54. The second kappa shape index (κ2) is 9.28. The van der Waals surface area contributed by atoms with Crippen molar-refractivity contribution in [3.63, 3.8) is 0 Å². The second-order valence-corrected chi connectivity index (χ2v) is 6.90. The molecular formula is C13H17Cl2N2O4P. The largest absolute Gasteiger partial charge is 0.340 e. The van der Waals surface area contributed by atoms with Gasteiger partial charge in [-0.05, 0) is 26.0 Å². The van der Waals surface area contributed by atoms with Gasteiger partial charge in [0.1, 0.15) is 6.16 Å². The fourth-order valence-corrected chi connectivity index (χ4v) is 3.50. The van der Waals surface area contributed by atoms with E-state index in [9.17, 15) is 9.36 Å². The Kier molecular flexibility index (Phi) is 8.07. The van der Waals surface area contributed by atoms with Gasteiger partial charge in [0, 0.05) is 5.56 Å². The zero-order valence-electron chi connectivity index (χ0n) is 12.2. The summed E-state index contributed by atoms with van der Waals surface area (Å²) in [6.45, 7) is 3.70. The van der Waals surface area contributed by atoms with E-state index >= 15 is 0 Å². The van der Waals surface area contributed by atoms with E-state index in [1.165, 1.54) is 6.21 Å². The Morgan fingerprint density at radius 2 is 1.82 bits per heavy atom. The Labute approximate surface area is 139 Å². The summed E-state index contributed by atoms with van der Waals surface area (Å²) in [4.78, 5) is 11.7. The summed E-state index contributed by atoms with van der Waals surface area (Å²) in [7, 11) is -3.44. The summed E-state index contributed by atoms with van der Waals surface area (Å²) in [5, 5.41) is 4.55. The Morgan fingerprint density at radius 3 is 2.32 bits per heavy atom. The van der Waals surface area contributed by atoms with Gasteiger partial charge in [0.15, 0.2) is 0 Å². The molecule has 0 aliphatic carbocycles. The summed E-state index contributed by atoms with van der Waals surface area (Å²) in [6.07, 6.45) is 0.900. The summed E-state index contributed by atoms with van der Waals surface area (Å²) < 4.78 is 22.2. The molecular weight excluding hydrogens is 350 g/mol. The minimum Gasteiger partial charge on any atom is -0.309 e. The minimum absolute atomic E-state index is 0.184. The summed E-state index contributed by atoms with van der Waals surface area (Å²) in [6, 6.07) is 4.99. The smallest absolute Gasteiger partial charge is 0.309 e. The molecule has 1 aromatic rings. The van der Waals surface area contributed by atoms with E-state index < -0.39 is 19.7 Å². The van der Waals surface area contributed by atoms with Gasteiger partial charge in [0.25, 0.3) is 5.91 Å². The molecule has 0 radical (unpaired) electrons. The maximum Gasteiger partial charge on any atom is 0.340 e. The van der Waals surface area contributed by atoms with Crippen LogP contribution in [0.15, 0.2) is 23.3 Å². The van der Waals surface area contributed by atoms with Crippen molar-refractivity contribution in [2.45, 2.75) is 13.8 Å². The first-order valence-electron chi connectivity index (χ1n) is 6.56. The fraction of sp³-hybridized carbons (Fsp3) is 0.385. The summed E-state index contributed by atoms with van der Waals surface area (Å²) in [5.41, 5.74) is 2.71. The van der Waals surface area contributed by atoms with Crippen LogP contribution in [0.3, 0.4) is 0 Å². The molecule has 6 nitrogen and oxygen atoms in total. The Morgan fingerprint density at radius 1 is 1.27 bits per heavy atom. The molecule has 122 valence electrons. The molecule has 1 N–H and O–H groups in total. The lowest BCUT2D eigenvalue weighted by Gasteiger charge is -2.15. The standard InChI is InChI=1S/C13H17Cl2N2O4P/c1-3-20-22(19,21-4-2)9-13(18)17-16-8-10-11(14)6-5-7-12(10)15/h5-8H,3-4,9H2,1-2H3,(H,17,18). The van der Waals surface area contributed by atoms with Crippen LogP contribution in [0.2, 0.25) is 10.0 Å². The molecule has 0 aliphatic rings. The molecule has 0 atom stereocenters. The van der Waals surface area contributed by atoms with Crippen molar-refractivity contribution in [2.24, 2.45) is 5.10 Å². The van der Waals surface area contributed by atoms with E-state index in [4.69, 9.17) is 32.2 Å². The Balaban J connectivity index is 2.66. The van der Waals surface area contributed by atoms with E-state index in [2.05, 4.69) is 10.5 Å². The molecule has 0 unspecified atom stereocenters. The van der Waals surface area contributed by atoms with Gasteiger partial charge >= 0.3 is 7.60 Å². The first-order valence-corrected chi connectivity index (χ1v) is 9.04. The van der Waals surface area contributed by atoms with E-state index in [0.29, 0.717) is 15.6 Å². The first kappa shape index (κ1) is 19.1. The molecule has 9 heteroatoms. The van der Waals surface area contributed by atoms with Gasteiger partial charge in [-0.25, -0.2) is 5.43 Å². The number of hydrogen-bond acceptors (Lipinski definition) is 5. The van der Waals surface area contributed by atoms with E-state index in [1.54, 1.807) is 32.0 Å². The highest BCUT2D eigenvalue weighted by Gasteiger charge is 2.27. The highest BCUT2D eigenvalue weighted by atomic mass is 35.5. The van der Waals surface area contributed by atoms with E-state index in [-0.39, 0.29) is 13.2 Å². The van der Waals surface area contributed by atoms with Crippen LogP contribution in [0.25, 0.3) is 0 Å². The van der Waals surface area contributed by atoms with E-state index in [0.717, 1.165) is 0 Å². The molecule has 1 amide bonds. The quantitative estimate of drug-likeness (QED) is 0.432. The topological polar surface area (TPSA) is 77.0 Å². The molecule has 0 fully saturated rings. The van der Waals surface area contributed by atoms with Crippen molar-refractivity contribution in [2.75, 3.05) is 19.4 Å². The lowest BCUT2D eigenvalue weighted by molar-refractivity contribution is -0.118. The number of amides is 1. The number of nitrogens with one attached hydrogen (secondary N) is 1. The summed E-state index contributed by atoms with van der Waals surface area (Å²) >= 11 is 11.9. The molecule has 0 bridgehead atoms. The molecule has 0 heterocycles. The number of hydrogen-bond donors (Lipinski definition) is 1. The van der Waals surface area contributed by atoms with Gasteiger partial charge in [-0.2, -0.15) is 5.10 Å². The molecule has 0 saturated heterocycles. The highest BCUT2D eigenvalue weighted by molar-refractivity contribution is 7.54. The van der Waals surface area contributed by atoms with Gasteiger partial charge in [0.2, 0.25) is 0 Å². The minimum atomic E-state index is -3.44. The normalized spacial score (nSPS) is 11.8. The third-order valence-corrected chi connectivity index (χ3v) is 5.01. The predicted molar refractivity (Wildman–Crippen MR) is 87.9 cm³/mol. The van der Waals surface area contributed by atoms with Crippen LogP contribution in [0.5, 0.6) is 0 Å². The van der Waals surface area contributed by atoms with Crippen molar-refractivity contribution in [3.05, 3.63) is 33.8 Å². The highest BCUT2D eigenvalue weighted by Crippen LogP contribution is 2.47. The van der Waals surface area contributed by atoms with Crippen molar-refractivity contribution in [3.8, 4) is 0 Å². The van der Waals surface area contributed by atoms with Gasteiger partial charge < -0.3 is 9.05 Å². The zero-order chi connectivity index (χ0) is 16.6. The van der Waals surface area contributed by atoms with Gasteiger partial charge in [-0.15, -0.1) is 0 Å². The Bertz CT molecular complexity index is 565. The third-order valence-electron chi connectivity index (χ3n) is 2.37. The van der Waals surface area contributed by atoms with Crippen LogP contribution in [0.1, 0.15) is 19.4 Å². The third kappa shape index (κ3) is 6.07. The van der Waals surface area contributed by atoms with Crippen molar-refractivity contribution < 1.29 is 18.4 Å². The first-order chi connectivity index (χ1) is 10.4. The molecule has 0 aromatic heterocycles. The maximum absolute atomic E-state index is 12.2. The average molecular weight is 367 g/mol. The molecule has 0 aliphatic heterocycles. The Hall–Kier alpha value is -0.910. The van der Waals surface area contributed by atoms with Gasteiger partial charge in [-0.3, -0.25) is 9.36 Å². The molecule has 22 heavy (non-hydrogen) atoms. The van der Waals surface area contributed by atoms with Gasteiger partial charge in [0.05, 0.1) is 29.5 Å². The number of nitrogens with zero attached hydrogens (tertiary/aromatic N) is 1. The van der Waals surface area contributed by atoms with Crippen LogP contribution in [-0.4, -0.2) is 31.5 Å². The lowest BCUT2D eigenvalue weighted by atomic mass is 10.2. The lowest BCUT2D eigenvalue weighted by Crippen LogP contribution is -2.22. The van der Waals surface area contributed by atoms with Crippen LogP contribution in [-0.2, 0) is 18.4 Å². The second-order valence-electron chi connectivity index (χ2n) is 4.03. The maximum atomic E-state index is 12.2. The number of carbonyl (C=O) groups excluding carboxylic acids is 1. The average Bonchev–Trinajstić information content (AvgIpc) is 2.42. The van der Waals surface area contributed by atoms with Crippen LogP contribution >= 0.6 is 30.8 Å². The zero-order valence-corrected chi connectivity index (χ0v) is 14.6. The molecule has 0 spiro atoms. The van der Waals surface area contributed by atoms with E-state index in [1.807, 2.05) is 0 Å². The summed E-state index contributed by atoms with van der Waals surface area (Å²) in [5.74, 6) is -0.593. The molecule has 0 saturated carbocycles. The number of halogens is 2. The molecule has 1 aromatic carbocycles. The number of carbonyl (C=O) groups is 1. The number of rotatable bonds is 8. The van der Waals surface area contributed by atoms with Gasteiger partial charge in [-0.1, -0.05) is 29.3 Å². The molecule has 1 rings (SSSR count). The SMILES string of the molecule is CCOP(=O)(CC(=O)NN=Cc1c(Cl)cccc1Cl)OCC. The predicted octanol–water partition coefficient (Wildman–Crippen LogP) is 3.71.